The van der Waals surface area contributed by atoms with Gasteiger partial charge in [0.1, 0.15) is 11.6 Å². The van der Waals surface area contributed by atoms with Crippen LogP contribution < -0.4 is 0 Å². The molecule has 0 spiro atoms. The minimum Gasteiger partial charge on any atom is -0.507 e. The van der Waals surface area contributed by atoms with E-state index in [2.05, 4.69) is 41.4 Å². The number of nitrogens with zero attached hydrogens (tertiary/aromatic N) is 1. The number of H-pyrrole nitrogens is 1. The minimum absolute atomic E-state index is 0.237. The smallest absolute Gasteiger partial charge is 0.142 e. The first kappa shape index (κ1) is 11.6. The lowest BCUT2D eigenvalue weighted by Gasteiger charge is -2.03. The zero-order valence-electron chi connectivity index (χ0n) is 11.7. The summed E-state index contributed by atoms with van der Waals surface area (Å²) in [6, 6.07) is 19.9. The van der Waals surface area contributed by atoms with E-state index in [1.54, 1.807) is 6.07 Å². The molecule has 3 nitrogen and oxygen atoms in total. The van der Waals surface area contributed by atoms with Gasteiger partial charge in [-0.25, -0.2) is 4.98 Å². The quantitative estimate of drug-likeness (QED) is 0.473. The van der Waals surface area contributed by atoms with Crippen molar-refractivity contribution in [1.29, 1.82) is 0 Å². The highest BCUT2D eigenvalue weighted by Crippen LogP contribution is 2.46. The molecule has 0 saturated heterocycles. The van der Waals surface area contributed by atoms with Crippen molar-refractivity contribution in [3.8, 4) is 39.7 Å². The van der Waals surface area contributed by atoms with Gasteiger partial charge in [-0.1, -0.05) is 48.5 Å². The Morgan fingerprint density at radius 1 is 0.773 bits per heavy atom. The van der Waals surface area contributed by atoms with Crippen molar-refractivity contribution in [2.75, 3.05) is 0 Å². The number of phenolic OH excluding ortho intramolecular Hbond substituents is 1. The lowest BCUT2D eigenvalue weighted by atomic mass is 10.0. The standard InChI is InChI=1S/C19H12N2O/c22-15-10-2-1-7-12(15)19-20-17-13-8-3-5-11-6-4-9-14(16(11)13)18(17)21-19/h1-10,22H,(H,20,21). The van der Waals surface area contributed by atoms with Gasteiger partial charge in [-0.05, 0) is 17.5 Å². The number of para-hydroxylation sites is 1. The largest absolute Gasteiger partial charge is 0.507 e. The minimum atomic E-state index is 0.237. The van der Waals surface area contributed by atoms with E-state index in [1.807, 2.05) is 18.2 Å². The van der Waals surface area contributed by atoms with E-state index >= 15 is 0 Å². The molecule has 104 valence electrons. The van der Waals surface area contributed by atoms with Crippen LogP contribution in [0.2, 0.25) is 0 Å². The first-order valence-corrected chi connectivity index (χ1v) is 7.24. The number of nitrogens with one attached hydrogen (secondary N) is 1. The van der Waals surface area contributed by atoms with Crippen LogP contribution in [0.3, 0.4) is 0 Å². The van der Waals surface area contributed by atoms with Gasteiger partial charge < -0.3 is 10.1 Å². The maximum absolute atomic E-state index is 10.0. The van der Waals surface area contributed by atoms with Crippen molar-refractivity contribution in [2.45, 2.75) is 0 Å². The number of fused-ring (bicyclic) bond motifs is 3. The van der Waals surface area contributed by atoms with E-state index < -0.39 is 0 Å². The first-order valence-electron chi connectivity index (χ1n) is 7.24. The highest BCUT2D eigenvalue weighted by molar-refractivity contribution is 6.13. The Labute approximate surface area is 126 Å². The normalized spacial score (nSPS) is 11.8. The summed E-state index contributed by atoms with van der Waals surface area (Å²) in [6.07, 6.45) is 0. The number of aromatic hydroxyl groups is 1. The molecule has 1 aliphatic rings. The van der Waals surface area contributed by atoms with E-state index in [0.717, 1.165) is 22.5 Å². The monoisotopic (exact) mass is 284 g/mol. The van der Waals surface area contributed by atoms with Crippen LogP contribution in [0.1, 0.15) is 0 Å². The molecule has 1 aromatic heterocycles. The van der Waals surface area contributed by atoms with E-state index in [4.69, 9.17) is 4.98 Å². The molecular weight excluding hydrogens is 272 g/mol. The molecule has 3 aromatic carbocycles. The molecule has 22 heavy (non-hydrogen) atoms. The van der Waals surface area contributed by atoms with Crippen molar-refractivity contribution in [3.63, 3.8) is 0 Å². The summed E-state index contributed by atoms with van der Waals surface area (Å²) < 4.78 is 0. The second-order valence-electron chi connectivity index (χ2n) is 5.54. The van der Waals surface area contributed by atoms with E-state index in [9.17, 15) is 5.11 Å². The molecule has 5 rings (SSSR count). The number of aromatic amines is 1. The molecular formula is C19H12N2O. The Kier molecular flexibility index (Phi) is 2.09. The summed E-state index contributed by atoms with van der Waals surface area (Å²) in [5, 5.41) is 12.5. The third-order valence-corrected chi connectivity index (χ3v) is 4.29. The van der Waals surface area contributed by atoms with Crippen LogP contribution in [0.4, 0.5) is 0 Å². The van der Waals surface area contributed by atoms with Gasteiger partial charge in [0.15, 0.2) is 0 Å². The molecule has 0 bridgehead atoms. The Hall–Kier alpha value is -3.07. The maximum atomic E-state index is 10.0. The number of phenols is 1. The van der Waals surface area contributed by atoms with Gasteiger partial charge >= 0.3 is 0 Å². The van der Waals surface area contributed by atoms with Crippen molar-refractivity contribution >= 4 is 10.8 Å². The van der Waals surface area contributed by atoms with Crippen LogP contribution in [0.5, 0.6) is 5.75 Å². The van der Waals surface area contributed by atoms with Gasteiger partial charge in [-0.2, -0.15) is 0 Å². The average molecular weight is 284 g/mol. The fourth-order valence-corrected chi connectivity index (χ4v) is 3.31. The Bertz CT molecular complexity index is 990. The first-order chi connectivity index (χ1) is 10.8. The van der Waals surface area contributed by atoms with Crippen LogP contribution in [0, 0.1) is 0 Å². The molecule has 0 amide bonds. The summed E-state index contributed by atoms with van der Waals surface area (Å²) in [7, 11) is 0. The second kappa shape index (κ2) is 3.98. The summed E-state index contributed by atoms with van der Waals surface area (Å²) in [5.41, 5.74) is 5.05. The Morgan fingerprint density at radius 3 is 2.32 bits per heavy atom. The second-order valence-corrected chi connectivity index (χ2v) is 5.54. The van der Waals surface area contributed by atoms with E-state index in [-0.39, 0.29) is 5.75 Å². The Balaban J connectivity index is 1.81. The SMILES string of the molecule is Oc1ccccc1-c1nc2c([nH]1)-c1cccc3cccc-2c13. The molecule has 0 atom stereocenters. The molecule has 3 heteroatoms. The number of aromatic nitrogens is 2. The van der Waals surface area contributed by atoms with Gasteiger partial charge in [0, 0.05) is 16.5 Å². The van der Waals surface area contributed by atoms with Gasteiger partial charge in [0.05, 0.1) is 17.0 Å². The van der Waals surface area contributed by atoms with Crippen molar-refractivity contribution in [3.05, 3.63) is 60.7 Å². The molecule has 0 unspecified atom stereocenters. The summed E-state index contributed by atoms with van der Waals surface area (Å²) in [5.74, 6) is 0.941. The zero-order valence-corrected chi connectivity index (χ0v) is 11.7. The summed E-state index contributed by atoms with van der Waals surface area (Å²) in [4.78, 5) is 8.13. The van der Waals surface area contributed by atoms with Crippen LogP contribution in [0.25, 0.3) is 44.7 Å². The topological polar surface area (TPSA) is 48.9 Å². The van der Waals surface area contributed by atoms with Gasteiger partial charge in [0.25, 0.3) is 0 Å². The number of benzene rings is 3. The molecule has 4 aromatic rings. The van der Waals surface area contributed by atoms with Crippen LogP contribution in [0.15, 0.2) is 60.7 Å². The molecule has 0 aliphatic heterocycles. The van der Waals surface area contributed by atoms with Crippen LogP contribution in [-0.4, -0.2) is 15.1 Å². The van der Waals surface area contributed by atoms with Gasteiger partial charge in [-0.15, -0.1) is 0 Å². The fraction of sp³-hybridized carbons (Fsp3) is 0. The highest BCUT2D eigenvalue weighted by Gasteiger charge is 2.25. The average Bonchev–Trinajstić information content (AvgIpc) is 3.09. The molecule has 0 radical (unpaired) electrons. The molecule has 1 aliphatic carbocycles. The molecule has 1 heterocycles. The molecule has 2 N–H and O–H groups in total. The predicted octanol–water partition coefficient (Wildman–Crippen LogP) is 4.58. The number of hydrogen-bond donors (Lipinski definition) is 2. The summed E-state index contributed by atoms with van der Waals surface area (Å²) in [6.45, 7) is 0. The highest BCUT2D eigenvalue weighted by atomic mass is 16.3. The summed E-state index contributed by atoms with van der Waals surface area (Å²) >= 11 is 0. The molecule has 0 fully saturated rings. The number of hydrogen-bond acceptors (Lipinski definition) is 2. The zero-order chi connectivity index (χ0) is 14.7. The van der Waals surface area contributed by atoms with Crippen LogP contribution >= 0.6 is 0 Å². The maximum Gasteiger partial charge on any atom is 0.142 e. The van der Waals surface area contributed by atoms with Gasteiger partial charge in [0.2, 0.25) is 0 Å². The molecule has 0 saturated carbocycles. The predicted molar refractivity (Wildman–Crippen MR) is 87.6 cm³/mol. The lowest BCUT2D eigenvalue weighted by Crippen LogP contribution is -1.84. The number of imidazole rings is 1. The van der Waals surface area contributed by atoms with E-state index in [0.29, 0.717) is 5.82 Å². The lowest BCUT2D eigenvalue weighted by molar-refractivity contribution is 0.477. The third-order valence-electron chi connectivity index (χ3n) is 4.29. The van der Waals surface area contributed by atoms with Crippen molar-refractivity contribution in [2.24, 2.45) is 0 Å². The van der Waals surface area contributed by atoms with Gasteiger partial charge in [-0.3, -0.25) is 0 Å². The Morgan fingerprint density at radius 2 is 1.50 bits per heavy atom. The fourth-order valence-electron chi connectivity index (χ4n) is 3.31. The number of rotatable bonds is 1. The van der Waals surface area contributed by atoms with E-state index in [1.165, 1.54) is 16.3 Å². The third kappa shape index (κ3) is 1.37. The van der Waals surface area contributed by atoms with Crippen molar-refractivity contribution in [1.82, 2.24) is 9.97 Å². The van der Waals surface area contributed by atoms with Crippen LogP contribution in [-0.2, 0) is 0 Å². The van der Waals surface area contributed by atoms with Crippen molar-refractivity contribution < 1.29 is 5.11 Å².